The van der Waals surface area contributed by atoms with Gasteiger partial charge in [-0.1, -0.05) is 6.07 Å². The van der Waals surface area contributed by atoms with Gasteiger partial charge in [0.05, 0.1) is 18.7 Å². The summed E-state index contributed by atoms with van der Waals surface area (Å²) in [5.41, 5.74) is 0. The lowest BCUT2D eigenvalue weighted by molar-refractivity contribution is -0.123. The molecule has 2 aliphatic heterocycles. The third kappa shape index (κ3) is 3.51. The zero-order chi connectivity index (χ0) is 14.7. The van der Waals surface area contributed by atoms with Crippen LogP contribution in [0.1, 0.15) is 12.8 Å². The SMILES string of the molecule is O=C(NCCOc1cccc(F)c1)[C@@H]1C[C@@H]2OCC[C@@H]2N1. The second-order valence-corrected chi connectivity index (χ2v) is 5.36. The Bertz CT molecular complexity index is 499. The molecule has 2 fully saturated rings. The molecule has 6 heteroatoms. The van der Waals surface area contributed by atoms with Crippen molar-refractivity contribution in [3.05, 3.63) is 30.1 Å². The number of amides is 1. The molecule has 0 spiro atoms. The summed E-state index contributed by atoms with van der Waals surface area (Å²) in [7, 11) is 0. The van der Waals surface area contributed by atoms with Gasteiger partial charge in [-0.25, -0.2) is 4.39 Å². The summed E-state index contributed by atoms with van der Waals surface area (Å²) in [6.07, 6.45) is 1.86. The van der Waals surface area contributed by atoms with Crippen molar-refractivity contribution in [1.29, 1.82) is 0 Å². The molecule has 0 aliphatic carbocycles. The largest absolute Gasteiger partial charge is 0.492 e. The van der Waals surface area contributed by atoms with Crippen LogP contribution >= 0.6 is 0 Å². The molecule has 114 valence electrons. The average Bonchev–Trinajstić information content (AvgIpc) is 3.04. The summed E-state index contributed by atoms with van der Waals surface area (Å²) in [5.74, 6) is 0.0975. The van der Waals surface area contributed by atoms with Crippen LogP contribution in [0, 0.1) is 5.82 Å². The van der Waals surface area contributed by atoms with Gasteiger partial charge in [0.25, 0.3) is 0 Å². The van der Waals surface area contributed by atoms with E-state index >= 15 is 0 Å². The van der Waals surface area contributed by atoms with Crippen LogP contribution in [0.2, 0.25) is 0 Å². The number of carbonyl (C=O) groups excluding carboxylic acids is 1. The first-order valence-corrected chi connectivity index (χ1v) is 7.26. The van der Waals surface area contributed by atoms with Gasteiger partial charge < -0.3 is 20.1 Å². The first kappa shape index (κ1) is 14.3. The molecule has 0 saturated carbocycles. The van der Waals surface area contributed by atoms with Crippen LogP contribution in [0.25, 0.3) is 0 Å². The number of ether oxygens (including phenoxy) is 2. The number of halogens is 1. The molecule has 2 aliphatic rings. The molecule has 0 aromatic heterocycles. The van der Waals surface area contributed by atoms with E-state index in [-0.39, 0.29) is 23.9 Å². The highest BCUT2D eigenvalue weighted by molar-refractivity contribution is 5.82. The van der Waals surface area contributed by atoms with Crippen LogP contribution in [-0.2, 0) is 9.53 Å². The van der Waals surface area contributed by atoms with Crippen molar-refractivity contribution >= 4 is 5.91 Å². The quantitative estimate of drug-likeness (QED) is 0.790. The lowest BCUT2D eigenvalue weighted by atomic mass is 10.1. The smallest absolute Gasteiger partial charge is 0.237 e. The summed E-state index contributed by atoms with van der Waals surface area (Å²) in [5, 5.41) is 6.11. The second-order valence-electron chi connectivity index (χ2n) is 5.36. The van der Waals surface area contributed by atoms with E-state index in [1.807, 2.05) is 0 Å². The maximum Gasteiger partial charge on any atom is 0.237 e. The molecule has 5 nitrogen and oxygen atoms in total. The fourth-order valence-electron chi connectivity index (χ4n) is 2.84. The standard InChI is InChI=1S/C15H19FN2O3/c16-10-2-1-3-11(8-10)20-7-5-17-15(19)13-9-14-12(18-13)4-6-21-14/h1-3,8,12-14,18H,4-7,9H2,(H,17,19)/t12-,13-,14-/m0/s1. The van der Waals surface area contributed by atoms with Gasteiger partial charge in [-0.05, 0) is 25.0 Å². The number of carbonyl (C=O) groups is 1. The van der Waals surface area contributed by atoms with Crippen LogP contribution in [-0.4, -0.2) is 43.9 Å². The Morgan fingerprint density at radius 2 is 2.43 bits per heavy atom. The molecule has 1 aromatic rings. The summed E-state index contributed by atoms with van der Waals surface area (Å²) in [6.45, 7) is 1.48. The molecule has 2 saturated heterocycles. The Hall–Kier alpha value is -1.66. The fraction of sp³-hybridized carbons (Fsp3) is 0.533. The highest BCUT2D eigenvalue weighted by Gasteiger charge is 2.40. The third-order valence-corrected chi connectivity index (χ3v) is 3.88. The van der Waals surface area contributed by atoms with Crippen molar-refractivity contribution < 1.29 is 18.7 Å². The normalized spacial score (nSPS) is 27.4. The summed E-state index contributed by atoms with van der Waals surface area (Å²) < 4.78 is 23.9. The molecule has 2 N–H and O–H groups in total. The number of hydrogen-bond acceptors (Lipinski definition) is 4. The Morgan fingerprint density at radius 1 is 1.52 bits per heavy atom. The Morgan fingerprint density at radius 3 is 3.24 bits per heavy atom. The summed E-state index contributed by atoms with van der Waals surface area (Å²) in [6, 6.07) is 6.07. The maximum atomic E-state index is 13.0. The average molecular weight is 294 g/mol. The van der Waals surface area contributed by atoms with E-state index in [9.17, 15) is 9.18 Å². The van der Waals surface area contributed by atoms with Crippen molar-refractivity contribution in [2.45, 2.75) is 31.0 Å². The summed E-state index contributed by atoms with van der Waals surface area (Å²) >= 11 is 0. The molecule has 2 heterocycles. The monoisotopic (exact) mass is 294 g/mol. The first-order chi connectivity index (χ1) is 10.2. The van der Waals surface area contributed by atoms with Gasteiger partial charge in [-0.15, -0.1) is 0 Å². The zero-order valence-corrected chi connectivity index (χ0v) is 11.7. The van der Waals surface area contributed by atoms with Crippen molar-refractivity contribution in [2.75, 3.05) is 19.8 Å². The van der Waals surface area contributed by atoms with Gasteiger partial charge in [0.2, 0.25) is 5.91 Å². The van der Waals surface area contributed by atoms with Crippen molar-refractivity contribution in [2.24, 2.45) is 0 Å². The Kier molecular flexibility index (Phi) is 4.36. The van der Waals surface area contributed by atoms with Gasteiger partial charge in [-0.2, -0.15) is 0 Å². The second kappa shape index (κ2) is 6.41. The van der Waals surface area contributed by atoms with E-state index in [4.69, 9.17) is 9.47 Å². The first-order valence-electron chi connectivity index (χ1n) is 7.26. The number of benzene rings is 1. The van der Waals surface area contributed by atoms with Gasteiger partial charge in [0.15, 0.2) is 0 Å². The molecule has 3 rings (SSSR count). The van der Waals surface area contributed by atoms with E-state index in [1.54, 1.807) is 12.1 Å². The van der Waals surface area contributed by atoms with Gasteiger partial charge >= 0.3 is 0 Å². The highest BCUT2D eigenvalue weighted by Crippen LogP contribution is 2.24. The molecule has 1 aromatic carbocycles. The van der Waals surface area contributed by atoms with Crippen LogP contribution in [0.3, 0.4) is 0 Å². The number of fused-ring (bicyclic) bond motifs is 1. The molecule has 0 bridgehead atoms. The van der Waals surface area contributed by atoms with Crippen LogP contribution < -0.4 is 15.4 Å². The lowest BCUT2D eigenvalue weighted by Gasteiger charge is -2.13. The van der Waals surface area contributed by atoms with Crippen LogP contribution in [0.4, 0.5) is 4.39 Å². The van der Waals surface area contributed by atoms with Crippen molar-refractivity contribution in [1.82, 2.24) is 10.6 Å². The van der Waals surface area contributed by atoms with Crippen LogP contribution in [0.15, 0.2) is 24.3 Å². The molecular weight excluding hydrogens is 275 g/mol. The van der Waals surface area contributed by atoms with E-state index in [2.05, 4.69) is 10.6 Å². The zero-order valence-electron chi connectivity index (χ0n) is 11.7. The van der Waals surface area contributed by atoms with Crippen LogP contribution in [0.5, 0.6) is 5.75 Å². The third-order valence-electron chi connectivity index (χ3n) is 3.88. The van der Waals surface area contributed by atoms with Crippen molar-refractivity contribution in [3.63, 3.8) is 0 Å². The lowest BCUT2D eigenvalue weighted by Crippen LogP contribution is -2.43. The highest BCUT2D eigenvalue weighted by atomic mass is 19.1. The minimum atomic E-state index is -0.335. The number of rotatable bonds is 5. The molecule has 1 amide bonds. The number of nitrogens with one attached hydrogen (secondary N) is 2. The topological polar surface area (TPSA) is 59.6 Å². The predicted molar refractivity (Wildman–Crippen MR) is 74.6 cm³/mol. The maximum absolute atomic E-state index is 13.0. The van der Waals surface area contributed by atoms with E-state index in [1.165, 1.54) is 12.1 Å². The molecule has 3 atom stereocenters. The van der Waals surface area contributed by atoms with Crippen molar-refractivity contribution in [3.8, 4) is 5.75 Å². The Balaban J connectivity index is 1.37. The Labute approximate surface area is 122 Å². The van der Waals surface area contributed by atoms with E-state index < -0.39 is 0 Å². The fourth-order valence-corrected chi connectivity index (χ4v) is 2.84. The van der Waals surface area contributed by atoms with E-state index in [0.717, 1.165) is 19.4 Å². The minimum absolute atomic E-state index is 0.0316. The molecule has 0 unspecified atom stereocenters. The summed E-state index contributed by atoms with van der Waals surface area (Å²) in [4.78, 5) is 12.0. The molecular formula is C15H19FN2O3. The van der Waals surface area contributed by atoms with E-state index in [0.29, 0.717) is 24.9 Å². The molecule has 21 heavy (non-hydrogen) atoms. The van der Waals surface area contributed by atoms with Gasteiger partial charge in [0.1, 0.15) is 18.2 Å². The predicted octanol–water partition coefficient (Wildman–Crippen LogP) is 0.840. The van der Waals surface area contributed by atoms with Gasteiger partial charge in [-0.3, -0.25) is 4.79 Å². The molecule has 0 radical (unpaired) electrons. The number of hydrogen-bond donors (Lipinski definition) is 2. The van der Waals surface area contributed by atoms with Gasteiger partial charge in [0, 0.05) is 18.7 Å². The minimum Gasteiger partial charge on any atom is -0.492 e.